The number of nitrogens with zero attached hydrogens (tertiary/aromatic N) is 1. The molecule has 0 heterocycles. The molecule has 0 amide bonds. The molecule has 0 saturated heterocycles. The zero-order valence-electron chi connectivity index (χ0n) is 16.8. The van der Waals surface area contributed by atoms with Crippen molar-refractivity contribution in [3.63, 3.8) is 0 Å². The summed E-state index contributed by atoms with van der Waals surface area (Å²) in [6, 6.07) is 16.4. The number of methoxy groups -OCH3 is 1. The van der Waals surface area contributed by atoms with Crippen LogP contribution in [0.4, 0.5) is 5.69 Å². The van der Waals surface area contributed by atoms with Gasteiger partial charge in [0, 0.05) is 45.0 Å². The highest BCUT2D eigenvalue weighted by atomic mass is 127. The Morgan fingerprint density at radius 1 is 1.00 bits per heavy atom. The highest BCUT2D eigenvalue weighted by molar-refractivity contribution is 14.0. The monoisotopic (exact) mass is 498 g/mol. The predicted molar refractivity (Wildman–Crippen MR) is 127 cm³/mol. The molecule has 0 saturated carbocycles. The van der Waals surface area contributed by atoms with Crippen LogP contribution in [0.1, 0.15) is 18.1 Å². The molecule has 2 rings (SSSR count). The van der Waals surface area contributed by atoms with Crippen LogP contribution in [0.2, 0.25) is 0 Å². The minimum atomic E-state index is 0. The number of hydrogen-bond donors (Lipinski definition) is 3. The molecule has 2 aromatic carbocycles. The van der Waals surface area contributed by atoms with Gasteiger partial charge in [-0.1, -0.05) is 30.3 Å². The summed E-state index contributed by atoms with van der Waals surface area (Å²) in [6.07, 6.45) is 0. The molecule has 0 spiro atoms. The van der Waals surface area contributed by atoms with E-state index >= 15 is 0 Å². The minimum absolute atomic E-state index is 0. The minimum Gasteiger partial charge on any atom is -0.494 e. The zero-order valence-corrected chi connectivity index (χ0v) is 19.2. The number of nitrogens with one attached hydrogen (secondary N) is 3. The maximum absolute atomic E-state index is 5.66. The number of anilines is 1. The van der Waals surface area contributed by atoms with Crippen molar-refractivity contribution in [1.29, 1.82) is 0 Å². The van der Waals surface area contributed by atoms with Crippen LogP contribution >= 0.6 is 24.0 Å². The van der Waals surface area contributed by atoms with E-state index in [1.165, 1.54) is 5.56 Å². The molecule has 6 nitrogen and oxygen atoms in total. The van der Waals surface area contributed by atoms with Gasteiger partial charge >= 0.3 is 0 Å². The fourth-order valence-electron chi connectivity index (χ4n) is 2.57. The summed E-state index contributed by atoms with van der Waals surface area (Å²) in [5.74, 6) is 1.66. The number of hydrogen-bond acceptors (Lipinski definition) is 4. The smallest absolute Gasteiger partial charge is 0.191 e. The molecule has 0 aromatic heterocycles. The van der Waals surface area contributed by atoms with Crippen LogP contribution in [0.15, 0.2) is 53.5 Å². The molecular weight excluding hydrogens is 467 g/mol. The Labute approximate surface area is 185 Å². The summed E-state index contributed by atoms with van der Waals surface area (Å²) >= 11 is 0. The Bertz CT molecular complexity index is 708. The van der Waals surface area contributed by atoms with Gasteiger partial charge in [-0.2, -0.15) is 0 Å². The first-order valence-corrected chi connectivity index (χ1v) is 9.23. The van der Waals surface area contributed by atoms with E-state index < -0.39 is 0 Å². The van der Waals surface area contributed by atoms with Crippen molar-refractivity contribution < 1.29 is 9.47 Å². The molecule has 0 bridgehead atoms. The van der Waals surface area contributed by atoms with E-state index in [0.717, 1.165) is 29.5 Å². The number of rotatable bonds is 10. The third-order valence-corrected chi connectivity index (χ3v) is 3.99. The third-order valence-electron chi connectivity index (χ3n) is 3.99. The molecular formula is C21H31IN4O2. The van der Waals surface area contributed by atoms with Gasteiger partial charge < -0.3 is 25.4 Å². The van der Waals surface area contributed by atoms with Gasteiger partial charge in [0.2, 0.25) is 0 Å². The Kier molecular flexibility index (Phi) is 12.1. The molecule has 0 aliphatic rings. The van der Waals surface area contributed by atoms with Crippen LogP contribution < -0.4 is 20.7 Å². The van der Waals surface area contributed by atoms with Gasteiger partial charge in [0.25, 0.3) is 0 Å². The van der Waals surface area contributed by atoms with E-state index in [2.05, 4.69) is 51.3 Å². The van der Waals surface area contributed by atoms with Crippen LogP contribution in [0.25, 0.3) is 0 Å². The summed E-state index contributed by atoms with van der Waals surface area (Å²) in [5, 5.41) is 9.98. The standard InChI is InChI=1S/C21H30N4O2.HI/c1-4-27-20-8-6-5-7-18(20)16-25-21(22-2)24-15-17-9-11-19(12-10-17)23-13-14-26-3;/h5-12,23H,4,13-16H2,1-3H3,(H2,22,24,25);1H. The molecule has 0 unspecified atom stereocenters. The summed E-state index contributed by atoms with van der Waals surface area (Å²) in [4.78, 5) is 4.29. The predicted octanol–water partition coefficient (Wildman–Crippen LogP) is 3.63. The van der Waals surface area contributed by atoms with Crippen LogP contribution in [-0.2, 0) is 17.8 Å². The second kappa shape index (κ2) is 14.1. The topological polar surface area (TPSA) is 66.9 Å². The first kappa shape index (κ1) is 24.0. The maximum Gasteiger partial charge on any atom is 0.191 e. The van der Waals surface area contributed by atoms with Gasteiger partial charge in [0.15, 0.2) is 5.96 Å². The molecule has 7 heteroatoms. The largest absolute Gasteiger partial charge is 0.494 e. The lowest BCUT2D eigenvalue weighted by Crippen LogP contribution is -2.36. The van der Waals surface area contributed by atoms with Crippen molar-refractivity contribution >= 4 is 35.6 Å². The number of aliphatic imine (C=N–C) groups is 1. The summed E-state index contributed by atoms with van der Waals surface area (Å²) in [5.41, 5.74) is 3.38. The molecule has 3 N–H and O–H groups in total. The van der Waals surface area contributed by atoms with Crippen molar-refractivity contribution in [2.24, 2.45) is 4.99 Å². The fourth-order valence-corrected chi connectivity index (χ4v) is 2.57. The molecule has 0 aliphatic carbocycles. The molecule has 0 radical (unpaired) electrons. The van der Waals surface area contributed by atoms with E-state index in [0.29, 0.717) is 26.3 Å². The highest BCUT2D eigenvalue weighted by Crippen LogP contribution is 2.17. The number of guanidine groups is 1. The first-order valence-electron chi connectivity index (χ1n) is 9.23. The first-order chi connectivity index (χ1) is 13.3. The van der Waals surface area contributed by atoms with Gasteiger partial charge in [-0.3, -0.25) is 4.99 Å². The van der Waals surface area contributed by atoms with Gasteiger partial charge in [-0.15, -0.1) is 24.0 Å². The lowest BCUT2D eigenvalue weighted by molar-refractivity contribution is 0.211. The number of benzene rings is 2. The second-order valence-corrected chi connectivity index (χ2v) is 5.94. The molecule has 28 heavy (non-hydrogen) atoms. The van der Waals surface area contributed by atoms with Gasteiger partial charge in [-0.05, 0) is 30.7 Å². The Hall–Kier alpha value is -2.00. The van der Waals surface area contributed by atoms with E-state index in [9.17, 15) is 0 Å². The Balaban J connectivity index is 0.00000392. The number of para-hydroxylation sites is 1. The van der Waals surface area contributed by atoms with Crippen molar-refractivity contribution in [1.82, 2.24) is 10.6 Å². The van der Waals surface area contributed by atoms with E-state index in [-0.39, 0.29) is 24.0 Å². The van der Waals surface area contributed by atoms with E-state index in [1.54, 1.807) is 14.2 Å². The Morgan fingerprint density at radius 3 is 2.39 bits per heavy atom. The van der Waals surface area contributed by atoms with E-state index in [4.69, 9.17) is 9.47 Å². The van der Waals surface area contributed by atoms with Crippen molar-refractivity contribution in [3.05, 3.63) is 59.7 Å². The summed E-state index contributed by atoms with van der Waals surface area (Å²) in [7, 11) is 3.47. The summed E-state index contributed by atoms with van der Waals surface area (Å²) < 4.78 is 10.7. The van der Waals surface area contributed by atoms with Crippen LogP contribution in [0.5, 0.6) is 5.75 Å². The van der Waals surface area contributed by atoms with Crippen LogP contribution in [0.3, 0.4) is 0 Å². The number of ether oxygens (including phenoxy) is 2. The van der Waals surface area contributed by atoms with Crippen molar-refractivity contribution in [2.75, 3.05) is 39.2 Å². The SMILES string of the molecule is CCOc1ccccc1CNC(=NC)NCc1ccc(NCCOC)cc1.I. The fraction of sp³-hybridized carbons (Fsp3) is 0.381. The quantitative estimate of drug-likeness (QED) is 0.202. The highest BCUT2D eigenvalue weighted by Gasteiger charge is 2.04. The normalized spacial score (nSPS) is 10.8. The van der Waals surface area contributed by atoms with Crippen molar-refractivity contribution in [2.45, 2.75) is 20.0 Å². The van der Waals surface area contributed by atoms with Crippen molar-refractivity contribution in [3.8, 4) is 5.75 Å². The van der Waals surface area contributed by atoms with E-state index in [1.807, 2.05) is 25.1 Å². The zero-order chi connectivity index (χ0) is 19.3. The average Bonchev–Trinajstić information content (AvgIpc) is 2.70. The van der Waals surface area contributed by atoms with Gasteiger partial charge in [0.05, 0.1) is 13.2 Å². The van der Waals surface area contributed by atoms with Crippen LogP contribution in [0, 0.1) is 0 Å². The molecule has 0 aliphatic heterocycles. The Morgan fingerprint density at radius 2 is 1.71 bits per heavy atom. The molecule has 154 valence electrons. The van der Waals surface area contributed by atoms with Gasteiger partial charge in [0.1, 0.15) is 5.75 Å². The van der Waals surface area contributed by atoms with Crippen LogP contribution in [-0.4, -0.2) is 39.9 Å². The third kappa shape index (κ3) is 8.35. The lowest BCUT2D eigenvalue weighted by Gasteiger charge is -2.14. The average molecular weight is 498 g/mol. The molecule has 0 atom stereocenters. The number of halogens is 1. The summed E-state index contributed by atoms with van der Waals surface area (Å²) in [6.45, 7) is 5.48. The maximum atomic E-state index is 5.66. The molecule has 2 aromatic rings. The second-order valence-electron chi connectivity index (χ2n) is 5.94. The lowest BCUT2D eigenvalue weighted by atomic mass is 10.2. The van der Waals surface area contributed by atoms with Gasteiger partial charge in [-0.25, -0.2) is 0 Å². The molecule has 0 fully saturated rings.